The Morgan fingerprint density at radius 2 is 2.00 bits per heavy atom. The van der Waals surface area contributed by atoms with Crippen LogP contribution < -0.4 is 4.72 Å². The summed E-state index contributed by atoms with van der Waals surface area (Å²) in [6.45, 7) is 1.76. The van der Waals surface area contributed by atoms with Crippen LogP contribution in [0.5, 0.6) is 0 Å². The molecule has 0 amide bonds. The zero-order valence-corrected chi connectivity index (χ0v) is 12.3. The van der Waals surface area contributed by atoms with Crippen molar-refractivity contribution in [1.82, 2.24) is 9.71 Å². The van der Waals surface area contributed by atoms with Gasteiger partial charge in [-0.25, -0.2) is 0 Å². The number of pyridine rings is 1. The highest BCUT2D eigenvalue weighted by atomic mass is 35.5. The van der Waals surface area contributed by atoms with Crippen LogP contribution in [0.4, 0.5) is 8.78 Å². The smallest absolute Gasteiger partial charge is 0.268 e. The van der Waals surface area contributed by atoms with Crippen molar-refractivity contribution in [3.8, 4) is 0 Å². The van der Waals surface area contributed by atoms with Crippen molar-refractivity contribution >= 4 is 20.9 Å². The Morgan fingerprint density at radius 3 is 2.33 bits per heavy atom. The molecule has 1 atom stereocenters. The van der Waals surface area contributed by atoms with E-state index in [1.165, 1.54) is 12.3 Å². The Hall–Kier alpha value is -0.590. The van der Waals surface area contributed by atoms with Gasteiger partial charge in [0.05, 0.1) is 0 Å². The van der Waals surface area contributed by atoms with Crippen molar-refractivity contribution in [3.05, 3.63) is 29.6 Å². The van der Waals surface area contributed by atoms with Crippen molar-refractivity contribution in [2.75, 3.05) is 19.6 Å². The van der Waals surface area contributed by atoms with Crippen LogP contribution in [0.1, 0.15) is 23.4 Å². The fraction of sp³-hybridized carbons (Fsp3) is 0.545. The van der Waals surface area contributed by atoms with E-state index in [2.05, 4.69) is 9.71 Å². The number of halogens is 3. The Labute approximate surface area is 110 Å². The molecule has 1 heterocycles. The van der Waals surface area contributed by atoms with E-state index in [9.17, 15) is 13.0 Å². The normalized spacial score (nSPS) is 16.9. The largest absolute Gasteiger partial charge is 0.364 e. The predicted octanol–water partition coefficient (Wildman–Crippen LogP) is 2.64. The van der Waals surface area contributed by atoms with Gasteiger partial charge in [0.2, 0.25) is 0 Å². The van der Waals surface area contributed by atoms with Gasteiger partial charge in [-0.3, -0.25) is 13.9 Å². The molecule has 7 heteroatoms. The molecule has 0 spiro atoms. The molecule has 0 aliphatic carbocycles. The summed E-state index contributed by atoms with van der Waals surface area (Å²) in [6, 6.07) is 2.62. The first-order valence-electron chi connectivity index (χ1n) is 5.29. The molecule has 1 N–H and O–H groups in total. The molecule has 0 saturated heterocycles. The fourth-order valence-electron chi connectivity index (χ4n) is 1.39. The highest BCUT2D eigenvalue weighted by Gasteiger charge is 2.33. The van der Waals surface area contributed by atoms with Gasteiger partial charge in [0.25, 0.3) is 0 Å². The zero-order chi connectivity index (χ0) is 14.2. The summed E-state index contributed by atoms with van der Waals surface area (Å²) in [5.74, 6) is 0. The van der Waals surface area contributed by atoms with E-state index in [1.54, 1.807) is 26.5 Å². The Balaban J connectivity index is 3.11. The molecular weight excluding hydrogens is 282 g/mol. The lowest BCUT2D eigenvalue weighted by Crippen LogP contribution is -2.47. The summed E-state index contributed by atoms with van der Waals surface area (Å²) in [5.41, 5.74) is 0.108. The summed E-state index contributed by atoms with van der Waals surface area (Å²) in [5, 5.41) is -3.83. The molecule has 1 aromatic rings. The van der Waals surface area contributed by atoms with Crippen LogP contribution in [-0.2, 0) is 14.6 Å². The number of nitrogens with one attached hydrogen (secondary N) is 1. The van der Waals surface area contributed by atoms with Crippen LogP contribution in [0, 0.1) is 0 Å². The molecule has 3 nitrogen and oxygen atoms in total. The van der Waals surface area contributed by atoms with Crippen molar-refractivity contribution < 1.29 is 13.0 Å². The van der Waals surface area contributed by atoms with Crippen LogP contribution in [0.15, 0.2) is 18.3 Å². The lowest BCUT2D eigenvalue weighted by atomic mass is 10.2. The number of hydrogen-bond acceptors (Lipinski definition) is 2. The third-order valence-electron chi connectivity index (χ3n) is 3.18. The van der Waals surface area contributed by atoms with Gasteiger partial charge >= 0.3 is 5.38 Å². The first-order chi connectivity index (χ1) is 7.96. The first-order valence-corrected chi connectivity index (χ1v) is 8.51. The van der Waals surface area contributed by atoms with Crippen LogP contribution in [0.3, 0.4) is 0 Å². The average molecular weight is 299 g/mol. The average Bonchev–Trinajstić information content (AvgIpc) is 2.27. The zero-order valence-electron chi connectivity index (χ0n) is 10.7. The molecule has 1 rings (SSSR count). The molecule has 0 saturated carbocycles. The Bertz CT molecular complexity index is 493. The van der Waals surface area contributed by atoms with E-state index in [4.69, 9.17) is 11.6 Å². The molecule has 0 aliphatic rings. The molecule has 0 aliphatic heterocycles. The van der Waals surface area contributed by atoms with E-state index in [0.717, 1.165) is 6.07 Å². The Morgan fingerprint density at radius 1 is 1.44 bits per heavy atom. The molecule has 0 bridgehead atoms. The maximum atomic E-state index is 12.8. The third kappa shape index (κ3) is 3.24. The molecule has 104 valence electrons. The molecule has 0 aromatic carbocycles. The SMILES string of the molecule is CNS(C)(C)(=O)C(C)c1ccc(C(F)(F)Cl)nc1. The van der Waals surface area contributed by atoms with Gasteiger partial charge in [-0.2, -0.15) is 8.78 Å². The predicted molar refractivity (Wildman–Crippen MR) is 71.4 cm³/mol. The lowest BCUT2D eigenvalue weighted by molar-refractivity contribution is 0.0900. The second kappa shape index (κ2) is 4.51. The lowest BCUT2D eigenvalue weighted by Gasteiger charge is -2.40. The number of rotatable bonds is 4. The molecule has 1 aromatic heterocycles. The molecular formula is C11H17ClF2N2OS. The van der Waals surface area contributed by atoms with Gasteiger partial charge in [-0.05, 0) is 46.5 Å². The second-order valence-corrected chi connectivity index (χ2v) is 10.2. The summed E-state index contributed by atoms with van der Waals surface area (Å²) in [6.07, 6.45) is 4.52. The molecule has 0 radical (unpaired) electrons. The van der Waals surface area contributed by atoms with Gasteiger partial charge < -0.3 is 0 Å². The summed E-state index contributed by atoms with van der Waals surface area (Å²) < 4.78 is 41.0. The summed E-state index contributed by atoms with van der Waals surface area (Å²) in [7, 11) is -1.45. The number of aromatic nitrogens is 1. The van der Waals surface area contributed by atoms with Crippen LogP contribution in [0.25, 0.3) is 0 Å². The molecule has 18 heavy (non-hydrogen) atoms. The highest BCUT2D eigenvalue weighted by Crippen LogP contribution is 2.35. The fourth-order valence-corrected chi connectivity index (χ4v) is 2.78. The van der Waals surface area contributed by atoms with Gasteiger partial charge in [-0.1, -0.05) is 6.07 Å². The van der Waals surface area contributed by atoms with Gasteiger partial charge in [0, 0.05) is 24.0 Å². The van der Waals surface area contributed by atoms with Crippen LogP contribution in [0.2, 0.25) is 0 Å². The monoisotopic (exact) mass is 298 g/mol. The topological polar surface area (TPSA) is 42.0 Å². The van der Waals surface area contributed by atoms with E-state index < -0.39 is 20.3 Å². The van der Waals surface area contributed by atoms with E-state index in [1.807, 2.05) is 0 Å². The third-order valence-corrected chi connectivity index (χ3v) is 6.92. The number of hydrogen-bond donors (Lipinski definition) is 1. The van der Waals surface area contributed by atoms with Crippen LogP contribution >= 0.6 is 11.6 Å². The Kier molecular flexibility index (Phi) is 3.87. The molecule has 0 fully saturated rings. The second-order valence-electron chi connectivity index (χ2n) is 4.74. The minimum absolute atomic E-state index is 0.350. The summed E-state index contributed by atoms with van der Waals surface area (Å²) in [4.78, 5) is 3.62. The number of nitrogens with zero attached hydrogens (tertiary/aromatic N) is 1. The minimum Gasteiger partial charge on any atom is -0.268 e. The van der Waals surface area contributed by atoms with E-state index in [-0.39, 0.29) is 5.25 Å². The van der Waals surface area contributed by atoms with Crippen molar-refractivity contribution in [1.29, 1.82) is 0 Å². The van der Waals surface area contributed by atoms with E-state index in [0.29, 0.717) is 5.56 Å². The standard InChI is InChI=1S/C11H17ClF2N2OS/c1-8(18(3,4,17)15-2)9-5-6-10(16-7-9)11(12,13)14/h5-8H,1-4H3,(H,15,17). The van der Waals surface area contributed by atoms with Crippen molar-refractivity contribution in [3.63, 3.8) is 0 Å². The van der Waals surface area contributed by atoms with Crippen molar-refractivity contribution in [2.45, 2.75) is 17.6 Å². The maximum Gasteiger partial charge on any atom is 0.364 e. The quantitative estimate of drug-likeness (QED) is 0.868. The maximum absolute atomic E-state index is 12.8. The highest BCUT2D eigenvalue weighted by molar-refractivity contribution is 8.17. The first kappa shape index (κ1) is 15.5. The molecule has 1 unspecified atom stereocenters. The van der Waals surface area contributed by atoms with E-state index >= 15 is 0 Å². The van der Waals surface area contributed by atoms with Gasteiger partial charge in [-0.15, -0.1) is 0 Å². The van der Waals surface area contributed by atoms with Crippen molar-refractivity contribution in [2.24, 2.45) is 0 Å². The van der Waals surface area contributed by atoms with Gasteiger partial charge in [0.1, 0.15) is 5.69 Å². The summed E-state index contributed by atoms with van der Waals surface area (Å²) >= 11 is 4.87. The van der Waals surface area contributed by atoms with Crippen LogP contribution in [-0.4, -0.2) is 28.8 Å². The van der Waals surface area contributed by atoms with Gasteiger partial charge in [0.15, 0.2) is 0 Å². The number of alkyl halides is 3. The minimum atomic E-state index is -3.48.